The highest BCUT2D eigenvalue weighted by molar-refractivity contribution is 5.80. The summed E-state index contributed by atoms with van der Waals surface area (Å²) in [6.07, 6.45) is 26.9. The molecule has 7 N–H and O–H groups in total. The lowest BCUT2D eigenvalue weighted by Gasteiger charge is -2.40. The Morgan fingerprint density at radius 1 is 0.654 bits per heavy atom. The highest BCUT2D eigenvalue weighted by atomic mass is 16.7. The molecular weight excluding hydrogens is 662 g/mol. The number of carbonyl (C=O) groups excluding carboxylic acids is 1. The van der Waals surface area contributed by atoms with E-state index < -0.39 is 61.5 Å². The Morgan fingerprint density at radius 2 is 1.13 bits per heavy atom. The number of carbonyl (C=O) groups is 1. The normalized spacial score (nSPS) is 22.7. The Bertz CT molecular complexity index is 886. The molecule has 10 nitrogen and oxygen atoms in total. The van der Waals surface area contributed by atoms with E-state index in [0.717, 1.165) is 32.1 Å². The van der Waals surface area contributed by atoms with E-state index in [4.69, 9.17) is 9.47 Å². The van der Waals surface area contributed by atoms with Gasteiger partial charge in [-0.1, -0.05) is 167 Å². The van der Waals surface area contributed by atoms with E-state index in [1.807, 2.05) is 6.08 Å². The van der Waals surface area contributed by atoms with Crippen LogP contribution in [0.1, 0.15) is 174 Å². The minimum absolute atomic E-state index is 0.307. The van der Waals surface area contributed by atoms with Crippen LogP contribution < -0.4 is 5.32 Å². The number of unbranched alkanes of at least 4 members (excludes halogenated alkanes) is 21. The van der Waals surface area contributed by atoms with E-state index in [0.29, 0.717) is 19.3 Å². The Labute approximate surface area is 316 Å². The first-order valence-electron chi connectivity index (χ1n) is 21.2. The van der Waals surface area contributed by atoms with Gasteiger partial charge >= 0.3 is 0 Å². The molecule has 0 spiro atoms. The minimum atomic E-state index is -1.61. The van der Waals surface area contributed by atoms with Gasteiger partial charge in [-0.3, -0.25) is 4.79 Å². The van der Waals surface area contributed by atoms with Gasteiger partial charge in [0.15, 0.2) is 6.29 Å². The van der Waals surface area contributed by atoms with E-state index in [1.54, 1.807) is 6.08 Å². The number of amides is 1. The summed E-state index contributed by atoms with van der Waals surface area (Å²) >= 11 is 0. The zero-order valence-electron chi connectivity index (χ0n) is 32.9. The van der Waals surface area contributed by atoms with Crippen LogP contribution in [0.25, 0.3) is 0 Å². The van der Waals surface area contributed by atoms with E-state index in [1.165, 1.54) is 109 Å². The third kappa shape index (κ3) is 23.4. The Kier molecular flexibility index (Phi) is 30.9. The molecule has 306 valence electrons. The van der Waals surface area contributed by atoms with Crippen LogP contribution in [0.3, 0.4) is 0 Å². The van der Waals surface area contributed by atoms with Crippen molar-refractivity contribution in [3.05, 3.63) is 24.3 Å². The molecule has 1 amide bonds. The first kappa shape index (κ1) is 48.6. The Balaban J connectivity index is 2.50. The quantitative estimate of drug-likeness (QED) is 0.0274. The lowest BCUT2D eigenvalue weighted by atomic mass is 9.99. The van der Waals surface area contributed by atoms with Crippen LogP contribution in [0.5, 0.6) is 0 Å². The van der Waals surface area contributed by atoms with Gasteiger partial charge < -0.3 is 45.4 Å². The Hall–Kier alpha value is -1.37. The predicted molar refractivity (Wildman–Crippen MR) is 209 cm³/mol. The summed E-state index contributed by atoms with van der Waals surface area (Å²) in [6.45, 7) is 3.56. The van der Waals surface area contributed by atoms with Gasteiger partial charge in [0.05, 0.1) is 25.4 Å². The lowest BCUT2D eigenvalue weighted by molar-refractivity contribution is -0.302. The van der Waals surface area contributed by atoms with Crippen LogP contribution in [0.15, 0.2) is 24.3 Å². The van der Waals surface area contributed by atoms with E-state index in [-0.39, 0.29) is 6.61 Å². The SMILES string of the molecule is CCCCCCCCC/C=C/CC/C=C/[C@@H](O)[C@H](CO[C@@H]1O[C@H](CO)[C@@H](O)C(O)C1O)NC(=O)[C@@H](O)CCCCCCCCCCCCCCCC. The number of hydrogen-bond acceptors (Lipinski definition) is 9. The zero-order valence-corrected chi connectivity index (χ0v) is 32.9. The summed E-state index contributed by atoms with van der Waals surface area (Å²) in [5.41, 5.74) is 0. The van der Waals surface area contributed by atoms with Gasteiger partial charge in [-0.25, -0.2) is 0 Å². The fourth-order valence-corrected chi connectivity index (χ4v) is 6.59. The summed E-state index contributed by atoms with van der Waals surface area (Å²) in [4.78, 5) is 13.0. The molecule has 0 aromatic heterocycles. The maximum atomic E-state index is 13.0. The minimum Gasteiger partial charge on any atom is -0.394 e. The van der Waals surface area contributed by atoms with Crippen molar-refractivity contribution in [2.75, 3.05) is 13.2 Å². The van der Waals surface area contributed by atoms with Gasteiger partial charge in [-0.05, 0) is 32.1 Å². The smallest absolute Gasteiger partial charge is 0.249 e. The van der Waals surface area contributed by atoms with Crippen molar-refractivity contribution in [3.63, 3.8) is 0 Å². The molecule has 1 aliphatic heterocycles. The van der Waals surface area contributed by atoms with E-state index >= 15 is 0 Å². The van der Waals surface area contributed by atoms with Crippen LogP contribution in [-0.2, 0) is 14.3 Å². The van der Waals surface area contributed by atoms with Gasteiger partial charge in [0.2, 0.25) is 5.91 Å². The molecule has 0 aliphatic carbocycles. The third-order valence-electron chi connectivity index (χ3n) is 10.1. The largest absolute Gasteiger partial charge is 0.394 e. The van der Waals surface area contributed by atoms with Gasteiger partial charge in [0.1, 0.15) is 30.5 Å². The molecule has 52 heavy (non-hydrogen) atoms. The van der Waals surface area contributed by atoms with Gasteiger partial charge in [0.25, 0.3) is 0 Å². The zero-order chi connectivity index (χ0) is 38.2. The molecule has 1 heterocycles. The van der Waals surface area contributed by atoms with Crippen molar-refractivity contribution in [2.45, 2.75) is 223 Å². The average Bonchev–Trinajstić information content (AvgIpc) is 3.14. The lowest BCUT2D eigenvalue weighted by Crippen LogP contribution is -2.60. The molecule has 0 aromatic rings. The van der Waals surface area contributed by atoms with Crippen LogP contribution in [0, 0.1) is 0 Å². The summed E-state index contributed by atoms with van der Waals surface area (Å²) in [6, 6.07) is -0.991. The average molecular weight is 742 g/mol. The molecule has 8 atom stereocenters. The number of aliphatic hydroxyl groups is 6. The maximum Gasteiger partial charge on any atom is 0.249 e. The second-order valence-electron chi connectivity index (χ2n) is 14.9. The van der Waals surface area contributed by atoms with Crippen molar-refractivity contribution in [1.82, 2.24) is 5.32 Å². The third-order valence-corrected chi connectivity index (χ3v) is 10.1. The fraction of sp³-hybridized carbons (Fsp3) is 0.881. The van der Waals surface area contributed by atoms with Crippen LogP contribution in [0.2, 0.25) is 0 Å². The van der Waals surface area contributed by atoms with Crippen molar-refractivity contribution >= 4 is 5.91 Å². The van der Waals surface area contributed by atoms with Crippen molar-refractivity contribution in [2.24, 2.45) is 0 Å². The number of aliphatic hydroxyl groups excluding tert-OH is 6. The molecule has 0 radical (unpaired) electrons. The van der Waals surface area contributed by atoms with Gasteiger partial charge in [-0.2, -0.15) is 0 Å². The van der Waals surface area contributed by atoms with Crippen molar-refractivity contribution in [1.29, 1.82) is 0 Å². The van der Waals surface area contributed by atoms with E-state index in [2.05, 4.69) is 31.3 Å². The highest BCUT2D eigenvalue weighted by Crippen LogP contribution is 2.22. The molecule has 1 saturated heterocycles. The fourth-order valence-electron chi connectivity index (χ4n) is 6.59. The topological polar surface area (TPSA) is 169 Å². The molecule has 1 aliphatic rings. The number of ether oxygens (including phenoxy) is 2. The van der Waals surface area contributed by atoms with Crippen LogP contribution >= 0.6 is 0 Å². The standard InChI is InChI=1S/C42H79NO9/c1-3-5-7-9-11-13-15-17-19-21-23-25-27-29-31-36(46)41(50)43-34(33-51-42-40(49)39(48)38(47)37(32-44)52-42)35(45)30-28-26-24-22-20-18-16-14-12-10-8-6-4-2/h20,22,28,30,34-40,42,44-49H,3-19,21,23-27,29,31-33H2,1-2H3,(H,43,50)/b22-20+,30-28+/t34-,35+,36-,37+,38+,39?,40?,42+/m0/s1. The van der Waals surface area contributed by atoms with Crippen molar-refractivity contribution in [3.8, 4) is 0 Å². The van der Waals surface area contributed by atoms with Gasteiger partial charge in [-0.15, -0.1) is 0 Å². The summed E-state index contributed by atoms with van der Waals surface area (Å²) < 4.78 is 11.1. The molecule has 0 aromatic carbocycles. The number of hydrogen-bond donors (Lipinski definition) is 7. The van der Waals surface area contributed by atoms with Crippen LogP contribution in [0.4, 0.5) is 0 Å². The molecular formula is C42H79NO9. The molecule has 0 saturated carbocycles. The monoisotopic (exact) mass is 742 g/mol. The second-order valence-corrected chi connectivity index (χ2v) is 14.9. The Morgan fingerprint density at radius 3 is 1.67 bits per heavy atom. The number of nitrogens with one attached hydrogen (secondary N) is 1. The van der Waals surface area contributed by atoms with Crippen LogP contribution in [-0.4, -0.2) is 98.7 Å². The van der Waals surface area contributed by atoms with E-state index in [9.17, 15) is 35.4 Å². The number of rotatable bonds is 34. The van der Waals surface area contributed by atoms with Gasteiger partial charge in [0, 0.05) is 0 Å². The predicted octanol–water partition coefficient (Wildman–Crippen LogP) is 6.91. The maximum absolute atomic E-state index is 13.0. The summed E-state index contributed by atoms with van der Waals surface area (Å²) in [7, 11) is 0. The molecule has 1 rings (SSSR count). The highest BCUT2D eigenvalue weighted by Gasteiger charge is 2.44. The molecule has 1 fully saturated rings. The summed E-state index contributed by atoms with van der Waals surface area (Å²) in [5, 5.41) is 64.4. The molecule has 0 bridgehead atoms. The first-order valence-corrected chi connectivity index (χ1v) is 21.2. The number of allylic oxidation sites excluding steroid dienone is 3. The summed E-state index contributed by atoms with van der Waals surface area (Å²) in [5.74, 6) is -0.627. The molecule has 10 heteroatoms. The molecule has 2 unspecified atom stereocenters. The first-order chi connectivity index (χ1) is 25.3. The second kappa shape index (κ2) is 33.0. The van der Waals surface area contributed by atoms with Crippen molar-refractivity contribution < 1.29 is 44.9 Å².